The number of aliphatic hydroxyl groups is 1. The quantitative estimate of drug-likeness (QED) is 0.471. The maximum atomic E-state index is 13.8. The number of carbonyl (C=O) groups excluding carboxylic acids is 1. The molecular formula is C26H30BF4N3O2. The molecule has 2 amide bonds. The number of amides is 2. The number of rotatable bonds is 6. The zero-order chi connectivity index (χ0) is 25.7. The zero-order valence-corrected chi connectivity index (χ0v) is 20.2. The van der Waals surface area contributed by atoms with Gasteiger partial charge in [0.15, 0.2) is 0 Å². The summed E-state index contributed by atoms with van der Waals surface area (Å²) < 4.78 is 53.3. The monoisotopic (exact) mass is 503 g/mol. The summed E-state index contributed by atoms with van der Waals surface area (Å²) in [4.78, 5) is 17.3. The summed E-state index contributed by atoms with van der Waals surface area (Å²) in [5, 5.41) is 12.5. The molecule has 1 aliphatic heterocycles. The van der Waals surface area contributed by atoms with E-state index in [1.807, 2.05) is 0 Å². The summed E-state index contributed by atoms with van der Waals surface area (Å²) in [5.41, 5.74) is 1.02. The van der Waals surface area contributed by atoms with Crippen molar-refractivity contribution in [3.8, 4) is 0 Å². The number of benzene rings is 2. The summed E-state index contributed by atoms with van der Waals surface area (Å²) in [5.74, 6) is -1.09. The maximum absolute atomic E-state index is 13.8. The molecule has 2 N–H and O–H groups in total. The molecule has 4 atom stereocenters. The van der Waals surface area contributed by atoms with Crippen molar-refractivity contribution in [1.82, 2.24) is 9.80 Å². The zero-order valence-electron chi connectivity index (χ0n) is 20.2. The lowest BCUT2D eigenvalue weighted by Crippen LogP contribution is -2.47. The second-order valence-corrected chi connectivity index (χ2v) is 10.5. The molecule has 0 spiro atoms. The van der Waals surface area contributed by atoms with Crippen LogP contribution < -0.4 is 10.8 Å². The minimum atomic E-state index is -4.85. The van der Waals surface area contributed by atoms with Crippen LogP contribution in [0.3, 0.4) is 0 Å². The number of carbonyl (C=O) groups is 1. The van der Waals surface area contributed by atoms with Gasteiger partial charge in [-0.25, -0.2) is 9.18 Å². The van der Waals surface area contributed by atoms with Crippen molar-refractivity contribution in [2.24, 2.45) is 5.92 Å². The van der Waals surface area contributed by atoms with E-state index < -0.39 is 23.6 Å². The van der Waals surface area contributed by atoms with Crippen LogP contribution in [0, 0.1) is 11.7 Å². The number of anilines is 1. The van der Waals surface area contributed by atoms with Gasteiger partial charge >= 0.3 is 12.2 Å². The van der Waals surface area contributed by atoms with Gasteiger partial charge in [0.1, 0.15) is 13.7 Å². The van der Waals surface area contributed by atoms with E-state index in [1.165, 1.54) is 11.0 Å². The Morgan fingerprint density at radius 3 is 2.69 bits per heavy atom. The smallest absolute Gasteiger partial charge is 0.392 e. The molecule has 5 rings (SSSR count). The number of hydrogen-bond acceptors (Lipinski definition) is 3. The molecule has 3 aliphatic rings. The lowest BCUT2D eigenvalue weighted by Gasteiger charge is -2.32. The third-order valence-electron chi connectivity index (χ3n) is 8.17. The number of hydrogen-bond donors (Lipinski definition) is 2. The molecule has 1 heterocycles. The van der Waals surface area contributed by atoms with Crippen LogP contribution in [0.1, 0.15) is 36.8 Å². The Labute approximate surface area is 208 Å². The molecule has 192 valence electrons. The van der Waals surface area contributed by atoms with E-state index in [9.17, 15) is 27.5 Å². The Balaban J connectivity index is 1.35. The van der Waals surface area contributed by atoms with Crippen LogP contribution >= 0.6 is 0 Å². The Kier molecular flexibility index (Phi) is 6.53. The number of β-amino-alcohol motifs (C(OH)–C–C–N with tert-alkyl or cyclic N) is 1. The van der Waals surface area contributed by atoms with Gasteiger partial charge in [-0.3, -0.25) is 4.90 Å². The van der Waals surface area contributed by atoms with E-state index in [4.69, 9.17) is 0 Å². The van der Waals surface area contributed by atoms with Gasteiger partial charge in [-0.1, -0.05) is 29.7 Å². The van der Waals surface area contributed by atoms with E-state index in [0.29, 0.717) is 32.1 Å². The number of halogens is 4. The minimum Gasteiger partial charge on any atom is -0.392 e. The highest BCUT2D eigenvalue weighted by Crippen LogP contribution is 2.65. The molecule has 2 aromatic rings. The molecule has 0 unspecified atom stereocenters. The molecule has 10 heteroatoms. The molecule has 1 saturated heterocycles. The van der Waals surface area contributed by atoms with Crippen LogP contribution in [0.4, 0.5) is 28.0 Å². The second-order valence-electron chi connectivity index (χ2n) is 10.5. The normalized spacial score (nSPS) is 27.6. The predicted molar refractivity (Wildman–Crippen MR) is 132 cm³/mol. The SMILES string of the molecule is Bc1cccc([C@]23CC[C@@H](N(CCN4CC[C@@H](O)C4)C(=O)Nc4ccc(F)c(C(F)(F)F)c4)[C@H]2C3)c1. The fourth-order valence-corrected chi connectivity index (χ4v) is 6.23. The first-order chi connectivity index (χ1) is 17.1. The molecule has 0 bridgehead atoms. The first-order valence-corrected chi connectivity index (χ1v) is 12.5. The highest BCUT2D eigenvalue weighted by atomic mass is 19.4. The van der Waals surface area contributed by atoms with Gasteiger partial charge < -0.3 is 15.3 Å². The number of fused-ring (bicyclic) bond motifs is 1. The molecule has 2 aromatic carbocycles. The molecule has 36 heavy (non-hydrogen) atoms. The summed E-state index contributed by atoms with van der Waals surface area (Å²) in [7, 11) is 2.06. The lowest BCUT2D eigenvalue weighted by molar-refractivity contribution is -0.139. The largest absolute Gasteiger partial charge is 0.419 e. The van der Waals surface area contributed by atoms with E-state index in [1.54, 1.807) is 4.90 Å². The highest BCUT2D eigenvalue weighted by molar-refractivity contribution is 6.32. The fourth-order valence-electron chi connectivity index (χ4n) is 6.23. The van der Waals surface area contributed by atoms with Crippen molar-refractivity contribution in [2.45, 2.75) is 49.4 Å². The van der Waals surface area contributed by atoms with Gasteiger partial charge in [0.25, 0.3) is 0 Å². The average molecular weight is 503 g/mol. The van der Waals surface area contributed by atoms with Crippen LogP contribution in [-0.4, -0.2) is 67.1 Å². The maximum Gasteiger partial charge on any atom is 0.419 e. The fraction of sp³-hybridized carbons (Fsp3) is 0.500. The third kappa shape index (κ3) is 4.85. The number of nitrogens with zero attached hydrogens (tertiary/aromatic N) is 2. The summed E-state index contributed by atoms with van der Waals surface area (Å²) in [6, 6.07) is 10.5. The van der Waals surface area contributed by atoms with Gasteiger partial charge in [0, 0.05) is 43.3 Å². The van der Waals surface area contributed by atoms with Crippen LogP contribution in [0.25, 0.3) is 0 Å². The predicted octanol–water partition coefficient (Wildman–Crippen LogP) is 3.12. The molecular weight excluding hydrogens is 473 g/mol. The van der Waals surface area contributed by atoms with Crippen molar-refractivity contribution in [1.29, 1.82) is 0 Å². The summed E-state index contributed by atoms with van der Waals surface area (Å²) in [6.45, 7) is 2.26. The van der Waals surface area contributed by atoms with Crippen LogP contribution in [0.15, 0.2) is 42.5 Å². The molecule has 5 nitrogen and oxygen atoms in total. The van der Waals surface area contributed by atoms with Crippen molar-refractivity contribution in [3.63, 3.8) is 0 Å². The van der Waals surface area contributed by atoms with Crippen molar-refractivity contribution in [2.75, 3.05) is 31.5 Å². The third-order valence-corrected chi connectivity index (χ3v) is 8.17. The molecule has 0 radical (unpaired) electrons. The number of nitrogens with one attached hydrogen (secondary N) is 1. The van der Waals surface area contributed by atoms with E-state index >= 15 is 0 Å². The lowest BCUT2D eigenvalue weighted by atomic mass is 9.87. The van der Waals surface area contributed by atoms with Gasteiger partial charge in [0.05, 0.1) is 11.7 Å². The Morgan fingerprint density at radius 1 is 1.22 bits per heavy atom. The van der Waals surface area contributed by atoms with Crippen molar-refractivity contribution in [3.05, 3.63) is 59.4 Å². The van der Waals surface area contributed by atoms with Crippen LogP contribution in [-0.2, 0) is 11.6 Å². The van der Waals surface area contributed by atoms with Crippen LogP contribution in [0.5, 0.6) is 0 Å². The van der Waals surface area contributed by atoms with E-state index in [-0.39, 0.29) is 29.2 Å². The van der Waals surface area contributed by atoms with E-state index in [0.717, 1.165) is 37.9 Å². The Hall–Kier alpha value is -2.59. The van der Waals surface area contributed by atoms with Gasteiger partial charge in [-0.05, 0) is 55.4 Å². The number of likely N-dealkylation sites (tertiary alicyclic amines) is 1. The standard InChI is InChI=1S/C26H30BF4N3O2/c27-17-3-1-2-16(12-17)25-8-6-23(21(25)14-25)34(11-10-33-9-7-19(35)15-33)24(36)32-18-4-5-22(28)20(13-18)26(29,30)31/h1-5,12-13,19,21,23,35H,6-11,14-15,27H2,(H,32,36)/t19-,21-,23-,25-/m1/s1. The van der Waals surface area contributed by atoms with Gasteiger partial charge in [-0.2, -0.15) is 13.2 Å². The summed E-state index contributed by atoms with van der Waals surface area (Å²) in [6.07, 6.45) is -1.81. The number of urea groups is 1. The first-order valence-electron chi connectivity index (χ1n) is 12.5. The number of alkyl halides is 3. The van der Waals surface area contributed by atoms with E-state index in [2.05, 4.69) is 42.3 Å². The molecule has 2 aliphatic carbocycles. The van der Waals surface area contributed by atoms with Gasteiger partial charge in [-0.15, -0.1) is 0 Å². The van der Waals surface area contributed by atoms with Crippen LogP contribution in [0.2, 0.25) is 0 Å². The molecule has 3 fully saturated rings. The Morgan fingerprint density at radius 2 is 2.03 bits per heavy atom. The minimum absolute atomic E-state index is 0.0401. The molecule has 0 aromatic heterocycles. The summed E-state index contributed by atoms with van der Waals surface area (Å²) >= 11 is 0. The molecule has 2 saturated carbocycles. The van der Waals surface area contributed by atoms with Crippen molar-refractivity contribution < 1.29 is 27.5 Å². The average Bonchev–Trinajstić information content (AvgIpc) is 3.22. The first kappa shape index (κ1) is 25.1. The second kappa shape index (κ2) is 9.37. The van der Waals surface area contributed by atoms with Crippen molar-refractivity contribution >= 4 is 25.0 Å². The topological polar surface area (TPSA) is 55.8 Å². The highest BCUT2D eigenvalue weighted by Gasteiger charge is 2.64. The Bertz CT molecular complexity index is 1150. The van der Waals surface area contributed by atoms with Gasteiger partial charge in [0.2, 0.25) is 0 Å². The number of aliphatic hydroxyl groups excluding tert-OH is 1.